The van der Waals surface area contributed by atoms with Gasteiger partial charge in [-0.2, -0.15) is 0 Å². The summed E-state index contributed by atoms with van der Waals surface area (Å²) in [7, 11) is 6.39. The van der Waals surface area contributed by atoms with Crippen LogP contribution in [0.25, 0.3) is 5.69 Å². The van der Waals surface area contributed by atoms with Crippen LogP contribution in [0.5, 0.6) is 0 Å². The van der Waals surface area contributed by atoms with E-state index >= 15 is 0 Å². The van der Waals surface area contributed by atoms with E-state index in [9.17, 15) is 39.4 Å². The molecular weight excluding hydrogens is 1410 g/mol. The molecule has 0 saturated carbocycles. The molecular formula is C45H57I4N11O13. The minimum atomic E-state index is -1.17. The second kappa shape index (κ2) is 35.4. The number of rotatable bonds is 18. The fraction of sp³-hybridized carbons (Fsp3) is 0.356. The van der Waals surface area contributed by atoms with Crippen LogP contribution in [0.1, 0.15) is 69.1 Å². The molecule has 1 aromatic heterocycles. The number of hydrogen-bond donors (Lipinski definition) is 6. The Morgan fingerprint density at radius 1 is 0.603 bits per heavy atom. The lowest BCUT2D eigenvalue weighted by Gasteiger charge is -2.13. The number of non-ortho nitro benzene ring substituents is 2. The molecule has 0 aliphatic carbocycles. The number of ether oxygens (including phenoxy) is 4. The van der Waals surface area contributed by atoms with E-state index in [4.69, 9.17) is 30.8 Å². The first-order chi connectivity index (χ1) is 34.3. The van der Waals surface area contributed by atoms with Crippen LogP contribution >= 0.6 is 90.4 Å². The summed E-state index contributed by atoms with van der Waals surface area (Å²) in [6.07, 6.45) is 1.49. The molecule has 5 rings (SSSR count). The van der Waals surface area contributed by atoms with Crippen molar-refractivity contribution in [2.75, 3.05) is 60.6 Å². The van der Waals surface area contributed by atoms with Gasteiger partial charge in [-0.25, -0.2) is 9.48 Å². The fourth-order valence-electron chi connectivity index (χ4n) is 5.53. The van der Waals surface area contributed by atoms with Crippen LogP contribution in [0.3, 0.4) is 0 Å². The van der Waals surface area contributed by atoms with Crippen molar-refractivity contribution in [1.29, 1.82) is 0 Å². The second-order valence-corrected chi connectivity index (χ2v) is 20.3. The van der Waals surface area contributed by atoms with Crippen LogP contribution in [-0.2, 0) is 18.9 Å². The number of aromatic carboxylic acids is 1. The number of nitrogen functional groups attached to an aromatic ring is 1. The van der Waals surface area contributed by atoms with Crippen LogP contribution in [0.4, 0.5) is 17.1 Å². The number of nitro benzene ring substituents is 2. The van der Waals surface area contributed by atoms with Gasteiger partial charge < -0.3 is 51.5 Å². The standard InChI is InChI=1S/C12H14IN5O2.C11H13IN2O4.C11H15IN2O2.C7H4INO4.C4H11NO/c1-8(6-20-2)15-12(19)9-3-10(13)5-11(4-9)18-7-14-16-17-18;1-7(6-18-2)13-11(15)8-3-9(12)5-10(4-8)14(16)17;1-7(6-16-2)14-11(15)8-3-9(12)5-10(13)4-8;8-5-1-4(7(10)11)2-6(3-5)9(12)13;1-4(5)3-6-2/h3-5,7-8H,6H2,1-2H3,(H,15,19);3-5,7H,6H2,1-2H3,(H,13,15);3-5,7H,6,13H2,1-2H3,(H,14,15);1-3H,(H,10,11);4H,3,5H2,1-2H3. The number of nitrogens with two attached hydrogens (primary N) is 2. The number of carboxylic acid groups (broad SMARTS) is 1. The average Bonchev–Trinajstić information content (AvgIpc) is 3.85. The Hall–Kier alpha value is -4.85. The summed E-state index contributed by atoms with van der Waals surface area (Å²) in [5.74, 6) is -1.79. The van der Waals surface area contributed by atoms with Crippen molar-refractivity contribution in [2.24, 2.45) is 5.73 Å². The van der Waals surface area contributed by atoms with Gasteiger partial charge in [0.25, 0.3) is 29.1 Å². The summed E-state index contributed by atoms with van der Waals surface area (Å²) in [5.41, 5.74) is 13.3. The Labute approximate surface area is 476 Å². The summed E-state index contributed by atoms with van der Waals surface area (Å²) in [4.78, 5) is 66.3. The van der Waals surface area contributed by atoms with Gasteiger partial charge in [-0.3, -0.25) is 34.6 Å². The molecule has 8 N–H and O–H groups in total. The number of carboxylic acids is 1. The largest absolute Gasteiger partial charge is 0.478 e. The van der Waals surface area contributed by atoms with Crippen LogP contribution in [0, 0.1) is 34.5 Å². The topological polar surface area (TPSA) is 343 Å². The monoisotopic (exact) mass is 1470 g/mol. The highest BCUT2D eigenvalue weighted by atomic mass is 127. The van der Waals surface area contributed by atoms with Gasteiger partial charge >= 0.3 is 5.97 Å². The maximum atomic E-state index is 12.2. The summed E-state index contributed by atoms with van der Waals surface area (Å²) in [6.45, 7) is 9.47. The number of aromatic nitrogens is 4. The van der Waals surface area contributed by atoms with E-state index in [0.717, 1.165) is 18.9 Å². The van der Waals surface area contributed by atoms with E-state index in [-0.39, 0.29) is 64.4 Å². The highest BCUT2D eigenvalue weighted by molar-refractivity contribution is 14.1. The molecule has 5 aromatic rings. The lowest BCUT2D eigenvalue weighted by atomic mass is 10.2. The predicted molar refractivity (Wildman–Crippen MR) is 306 cm³/mol. The van der Waals surface area contributed by atoms with Crippen LogP contribution in [0.2, 0.25) is 0 Å². The molecule has 73 heavy (non-hydrogen) atoms. The molecule has 24 nitrogen and oxygen atoms in total. The number of nitro groups is 2. The lowest BCUT2D eigenvalue weighted by Crippen LogP contribution is -2.35. The maximum Gasteiger partial charge on any atom is 0.335 e. The lowest BCUT2D eigenvalue weighted by molar-refractivity contribution is -0.385. The molecule has 0 aliphatic heterocycles. The number of tetrazole rings is 1. The van der Waals surface area contributed by atoms with E-state index in [0.29, 0.717) is 50.4 Å². The Bertz CT molecular complexity index is 2530. The van der Waals surface area contributed by atoms with Crippen molar-refractivity contribution in [3.05, 3.63) is 136 Å². The van der Waals surface area contributed by atoms with Crippen molar-refractivity contribution in [1.82, 2.24) is 36.2 Å². The molecule has 4 unspecified atom stereocenters. The Balaban J connectivity index is 0.000000473. The molecule has 0 aliphatic rings. The molecule has 1 heterocycles. The quantitative estimate of drug-likeness (QED) is 0.0235. The number of nitrogens with one attached hydrogen (secondary N) is 3. The van der Waals surface area contributed by atoms with Crippen molar-refractivity contribution < 1.29 is 53.1 Å². The zero-order valence-electron chi connectivity index (χ0n) is 40.8. The minimum Gasteiger partial charge on any atom is -0.478 e. The molecule has 4 aromatic carbocycles. The average molecular weight is 1470 g/mol. The number of carbonyl (C=O) groups excluding carboxylic acids is 3. The number of hydrogen-bond acceptors (Lipinski definition) is 17. The van der Waals surface area contributed by atoms with E-state index in [1.165, 1.54) is 35.3 Å². The normalized spacial score (nSPS) is 11.8. The number of halogens is 4. The van der Waals surface area contributed by atoms with Gasteiger partial charge in [-0.1, -0.05) is 0 Å². The third-order valence-corrected chi connectivity index (χ3v) is 10.9. The van der Waals surface area contributed by atoms with Crippen molar-refractivity contribution >= 4 is 131 Å². The van der Waals surface area contributed by atoms with Crippen molar-refractivity contribution in [3.63, 3.8) is 0 Å². The van der Waals surface area contributed by atoms with Gasteiger partial charge in [0.15, 0.2) is 0 Å². The van der Waals surface area contributed by atoms with Crippen molar-refractivity contribution in [3.8, 4) is 5.69 Å². The molecule has 0 bridgehead atoms. The predicted octanol–water partition coefficient (Wildman–Crippen LogP) is 6.51. The molecule has 3 amide bonds. The number of anilines is 1. The molecule has 4 atom stereocenters. The Morgan fingerprint density at radius 3 is 1.32 bits per heavy atom. The fourth-order valence-corrected chi connectivity index (χ4v) is 8.19. The maximum absolute atomic E-state index is 12.2. The first-order valence-corrected chi connectivity index (χ1v) is 25.5. The highest BCUT2D eigenvalue weighted by Crippen LogP contribution is 2.20. The molecule has 28 heteroatoms. The number of methoxy groups -OCH3 is 4. The SMILES string of the molecule is COCC(C)N.COCC(C)NC(=O)c1cc(I)cc(-n2cnnn2)c1.COCC(C)NC(=O)c1cc(I)cc([N+](=O)[O-])c1.COCC(C)NC(=O)c1cc(N)cc(I)c1.O=C(O)c1cc(I)cc([N+](=O)[O-])c1. The van der Waals surface area contributed by atoms with Crippen LogP contribution < -0.4 is 27.4 Å². The first kappa shape index (κ1) is 66.2. The highest BCUT2D eigenvalue weighted by Gasteiger charge is 2.17. The van der Waals surface area contributed by atoms with E-state index in [2.05, 4.69) is 81.4 Å². The van der Waals surface area contributed by atoms with Crippen molar-refractivity contribution in [2.45, 2.75) is 51.9 Å². The van der Waals surface area contributed by atoms with E-state index in [1.54, 1.807) is 59.6 Å². The van der Waals surface area contributed by atoms with E-state index < -0.39 is 15.8 Å². The van der Waals surface area contributed by atoms with Gasteiger partial charge in [0, 0.05) is 114 Å². The van der Waals surface area contributed by atoms with Gasteiger partial charge in [-0.05, 0) is 177 Å². The third-order valence-electron chi connectivity index (χ3n) is 8.45. The van der Waals surface area contributed by atoms with Gasteiger partial charge in [0.1, 0.15) is 6.33 Å². The number of nitrogens with zero attached hydrogens (tertiary/aromatic N) is 6. The van der Waals surface area contributed by atoms with Gasteiger partial charge in [0.05, 0.1) is 47.5 Å². The van der Waals surface area contributed by atoms with Crippen LogP contribution in [-0.4, -0.2) is 138 Å². The first-order valence-electron chi connectivity index (χ1n) is 21.2. The summed E-state index contributed by atoms with van der Waals surface area (Å²) in [6, 6.07) is 18.7. The van der Waals surface area contributed by atoms with Gasteiger partial charge in [0.2, 0.25) is 0 Å². The van der Waals surface area contributed by atoms with E-state index in [1.807, 2.05) is 84.2 Å². The molecule has 0 spiro atoms. The Morgan fingerprint density at radius 2 is 0.973 bits per heavy atom. The van der Waals surface area contributed by atoms with Crippen LogP contribution in [0.15, 0.2) is 79.1 Å². The molecule has 0 radical (unpaired) electrons. The number of amides is 3. The van der Waals surface area contributed by atoms with Gasteiger partial charge in [-0.15, -0.1) is 5.10 Å². The molecule has 0 saturated heterocycles. The minimum absolute atomic E-state index is 0.0170. The summed E-state index contributed by atoms with van der Waals surface area (Å²) >= 11 is 8.05. The summed E-state index contributed by atoms with van der Waals surface area (Å²) in [5, 5.41) is 49.0. The zero-order chi connectivity index (χ0) is 55.4. The second-order valence-electron chi connectivity index (χ2n) is 15.4. The summed E-state index contributed by atoms with van der Waals surface area (Å²) < 4.78 is 24.1. The smallest absolute Gasteiger partial charge is 0.335 e. The number of carbonyl (C=O) groups is 4. The zero-order valence-corrected chi connectivity index (χ0v) is 49.5. The number of benzene rings is 4. The third kappa shape index (κ3) is 27.3. The molecule has 398 valence electrons. The Kier molecular flexibility index (Phi) is 32.1. The molecule has 0 fully saturated rings.